The third kappa shape index (κ3) is 5.05. The Labute approximate surface area is 179 Å². The van der Waals surface area contributed by atoms with Gasteiger partial charge in [0.15, 0.2) is 0 Å². The summed E-state index contributed by atoms with van der Waals surface area (Å²) < 4.78 is 0. The second-order valence-corrected chi connectivity index (χ2v) is 7.05. The standard InChI is InChI=1S/C23H21N5O3/c29-21-15-28(12-11-25-21)20-8-6-18(7-9-20)26-22(30)16-3-1-5-19(13-16)27-23(31)17-4-2-10-24-14-17/h1-10,13-14H,11-12,15H2,(H,25,29)(H,26,30)(H,27,31). The fourth-order valence-electron chi connectivity index (χ4n) is 3.26. The van der Waals surface area contributed by atoms with Gasteiger partial charge in [0.1, 0.15) is 0 Å². The zero-order valence-electron chi connectivity index (χ0n) is 16.7. The van der Waals surface area contributed by atoms with E-state index in [0.717, 1.165) is 12.2 Å². The van der Waals surface area contributed by atoms with Crippen molar-refractivity contribution in [1.82, 2.24) is 10.3 Å². The Bertz CT molecular complexity index is 1100. The minimum atomic E-state index is -0.298. The summed E-state index contributed by atoms with van der Waals surface area (Å²) in [5, 5.41) is 8.41. The van der Waals surface area contributed by atoms with Crippen LogP contribution < -0.4 is 20.9 Å². The molecule has 31 heavy (non-hydrogen) atoms. The second kappa shape index (κ2) is 9.08. The van der Waals surface area contributed by atoms with Crippen molar-refractivity contribution in [3.05, 3.63) is 84.2 Å². The van der Waals surface area contributed by atoms with E-state index in [1.165, 1.54) is 6.20 Å². The first-order valence-corrected chi connectivity index (χ1v) is 9.83. The third-order valence-electron chi connectivity index (χ3n) is 4.84. The van der Waals surface area contributed by atoms with E-state index in [2.05, 4.69) is 20.9 Å². The van der Waals surface area contributed by atoms with E-state index in [-0.39, 0.29) is 17.7 Å². The highest BCUT2D eigenvalue weighted by Gasteiger charge is 2.16. The van der Waals surface area contributed by atoms with Crippen LogP contribution in [0.2, 0.25) is 0 Å². The molecule has 3 aromatic rings. The average molecular weight is 415 g/mol. The van der Waals surface area contributed by atoms with Gasteiger partial charge >= 0.3 is 0 Å². The smallest absolute Gasteiger partial charge is 0.257 e. The molecule has 1 saturated heterocycles. The van der Waals surface area contributed by atoms with Gasteiger partial charge in [0.25, 0.3) is 11.8 Å². The lowest BCUT2D eigenvalue weighted by Gasteiger charge is -2.28. The Hall–Kier alpha value is -4.20. The summed E-state index contributed by atoms with van der Waals surface area (Å²) in [5.41, 5.74) is 2.93. The van der Waals surface area contributed by atoms with Crippen molar-refractivity contribution < 1.29 is 14.4 Å². The number of amides is 3. The topological polar surface area (TPSA) is 103 Å². The normalized spacial score (nSPS) is 13.3. The highest BCUT2D eigenvalue weighted by Crippen LogP contribution is 2.20. The van der Waals surface area contributed by atoms with E-state index >= 15 is 0 Å². The first-order chi connectivity index (χ1) is 15.1. The number of aromatic nitrogens is 1. The van der Waals surface area contributed by atoms with Crippen LogP contribution in [0.5, 0.6) is 0 Å². The van der Waals surface area contributed by atoms with Crippen molar-refractivity contribution in [1.29, 1.82) is 0 Å². The molecule has 8 heteroatoms. The van der Waals surface area contributed by atoms with Gasteiger partial charge in [-0.3, -0.25) is 19.4 Å². The molecular weight excluding hydrogens is 394 g/mol. The highest BCUT2D eigenvalue weighted by atomic mass is 16.2. The number of anilines is 3. The van der Waals surface area contributed by atoms with Crippen molar-refractivity contribution in [3.8, 4) is 0 Å². The Morgan fingerprint density at radius 3 is 2.39 bits per heavy atom. The van der Waals surface area contributed by atoms with E-state index < -0.39 is 0 Å². The lowest BCUT2D eigenvalue weighted by molar-refractivity contribution is -0.120. The van der Waals surface area contributed by atoms with E-state index in [1.807, 2.05) is 17.0 Å². The fraction of sp³-hybridized carbons (Fsp3) is 0.130. The zero-order valence-corrected chi connectivity index (χ0v) is 16.7. The maximum absolute atomic E-state index is 12.7. The molecule has 1 aromatic heterocycles. The molecule has 3 N–H and O–H groups in total. The fourth-order valence-corrected chi connectivity index (χ4v) is 3.26. The first-order valence-electron chi connectivity index (χ1n) is 9.83. The highest BCUT2D eigenvalue weighted by molar-refractivity contribution is 6.07. The van der Waals surface area contributed by atoms with Crippen LogP contribution in [0.3, 0.4) is 0 Å². The van der Waals surface area contributed by atoms with Gasteiger partial charge < -0.3 is 20.9 Å². The maximum Gasteiger partial charge on any atom is 0.257 e. The molecule has 0 unspecified atom stereocenters. The maximum atomic E-state index is 12.7. The molecule has 3 amide bonds. The molecular formula is C23H21N5O3. The van der Waals surface area contributed by atoms with Gasteiger partial charge in [0.05, 0.1) is 12.1 Å². The first kappa shape index (κ1) is 20.1. The van der Waals surface area contributed by atoms with Crippen molar-refractivity contribution in [2.45, 2.75) is 0 Å². The van der Waals surface area contributed by atoms with Crippen molar-refractivity contribution in [2.24, 2.45) is 0 Å². The van der Waals surface area contributed by atoms with E-state index in [0.29, 0.717) is 35.6 Å². The zero-order chi connectivity index (χ0) is 21.6. The summed E-state index contributed by atoms with van der Waals surface area (Å²) >= 11 is 0. The SMILES string of the molecule is O=C1CN(c2ccc(NC(=O)c3cccc(NC(=O)c4cccnc4)c3)cc2)CCN1. The molecule has 0 aliphatic carbocycles. The summed E-state index contributed by atoms with van der Waals surface area (Å²) in [5.74, 6) is -0.589. The molecule has 8 nitrogen and oxygen atoms in total. The van der Waals surface area contributed by atoms with Crippen LogP contribution >= 0.6 is 0 Å². The molecule has 4 rings (SSSR count). The number of nitrogens with one attached hydrogen (secondary N) is 3. The number of hydrogen-bond donors (Lipinski definition) is 3. The molecule has 2 heterocycles. The van der Waals surface area contributed by atoms with Crippen molar-refractivity contribution in [3.63, 3.8) is 0 Å². The molecule has 0 bridgehead atoms. The van der Waals surface area contributed by atoms with Crippen LogP contribution in [0.1, 0.15) is 20.7 Å². The minimum absolute atomic E-state index is 0.000806. The molecule has 1 aliphatic heterocycles. The molecule has 2 aromatic carbocycles. The molecule has 0 radical (unpaired) electrons. The summed E-state index contributed by atoms with van der Waals surface area (Å²) in [6, 6.07) is 17.4. The van der Waals surface area contributed by atoms with E-state index in [1.54, 1.807) is 54.7 Å². The number of carbonyl (C=O) groups excluding carboxylic acids is 3. The Kier molecular flexibility index (Phi) is 5.89. The number of hydrogen-bond acceptors (Lipinski definition) is 5. The average Bonchev–Trinajstić information content (AvgIpc) is 2.80. The number of piperazine rings is 1. The quantitative estimate of drug-likeness (QED) is 0.594. The van der Waals surface area contributed by atoms with Crippen LogP contribution in [0, 0.1) is 0 Å². The molecule has 0 atom stereocenters. The number of benzene rings is 2. The molecule has 0 saturated carbocycles. The van der Waals surface area contributed by atoms with Gasteiger partial charge in [-0.25, -0.2) is 0 Å². The van der Waals surface area contributed by atoms with Crippen LogP contribution in [0.4, 0.5) is 17.1 Å². The lowest BCUT2D eigenvalue weighted by Crippen LogP contribution is -2.47. The second-order valence-electron chi connectivity index (χ2n) is 7.05. The number of carbonyl (C=O) groups is 3. The monoisotopic (exact) mass is 415 g/mol. The van der Waals surface area contributed by atoms with Crippen LogP contribution in [0.15, 0.2) is 73.1 Å². The third-order valence-corrected chi connectivity index (χ3v) is 4.84. The summed E-state index contributed by atoms with van der Waals surface area (Å²) in [7, 11) is 0. The predicted molar refractivity (Wildman–Crippen MR) is 118 cm³/mol. The van der Waals surface area contributed by atoms with Gasteiger partial charge in [-0.2, -0.15) is 0 Å². The van der Waals surface area contributed by atoms with Gasteiger partial charge in [0, 0.05) is 48.1 Å². The number of pyridine rings is 1. The van der Waals surface area contributed by atoms with Gasteiger partial charge in [0.2, 0.25) is 5.91 Å². The van der Waals surface area contributed by atoms with E-state index in [9.17, 15) is 14.4 Å². The van der Waals surface area contributed by atoms with Crippen LogP contribution in [-0.4, -0.2) is 42.3 Å². The van der Waals surface area contributed by atoms with Gasteiger partial charge in [-0.1, -0.05) is 6.07 Å². The van der Waals surface area contributed by atoms with E-state index in [4.69, 9.17) is 0 Å². The van der Waals surface area contributed by atoms with Crippen molar-refractivity contribution >= 4 is 34.8 Å². The molecule has 1 fully saturated rings. The molecule has 156 valence electrons. The predicted octanol–water partition coefficient (Wildman–Crippen LogP) is 2.52. The molecule has 1 aliphatic rings. The Balaban J connectivity index is 1.40. The largest absolute Gasteiger partial charge is 0.360 e. The number of rotatable bonds is 5. The molecule has 0 spiro atoms. The number of nitrogens with zero attached hydrogens (tertiary/aromatic N) is 2. The summed E-state index contributed by atoms with van der Waals surface area (Å²) in [6.07, 6.45) is 3.07. The van der Waals surface area contributed by atoms with Crippen molar-refractivity contribution in [2.75, 3.05) is 35.2 Å². The summed E-state index contributed by atoms with van der Waals surface area (Å²) in [4.78, 5) is 42.4. The minimum Gasteiger partial charge on any atom is -0.360 e. The van der Waals surface area contributed by atoms with Gasteiger partial charge in [-0.15, -0.1) is 0 Å². The summed E-state index contributed by atoms with van der Waals surface area (Å²) in [6.45, 7) is 1.68. The van der Waals surface area contributed by atoms with Crippen LogP contribution in [0.25, 0.3) is 0 Å². The Morgan fingerprint density at radius 1 is 0.903 bits per heavy atom. The van der Waals surface area contributed by atoms with Gasteiger partial charge in [-0.05, 0) is 54.6 Å². The lowest BCUT2D eigenvalue weighted by atomic mass is 10.1. The van der Waals surface area contributed by atoms with Crippen LogP contribution in [-0.2, 0) is 4.79 Å². The Morgan fingerprint density at radius 2 is 1.65 bits per heavy atom.